The Morgan fingerprint density at radius 3 is 2.43 bits per heavy atom. The maximum atomic E-state index is 12.2. The van der Waals surface area contributed by atoms with Crippen LogP contribution in [0.15, 0.2) is 71.8 Å². The summed E-state index contributed by atoms with van der Waals surface area (Å²) < 4.78 is 10.4. The second kappa shape index (κ2) is 9.24. The summed E-state index contributed by atoms with van der Waals surface area (Å²) in [5, 5.41) is 22.8. The van der Waals surface area contributed by atoms with Crippen LogP contribution in [0.4, 0.5) is 0 Å². The van der Waals surface area contributed by atoms with Gasteiger partial charge in [-0.05, 0) is 54.1 Å². The number of aromatic hydroxyl groups is 2. The molecule has 0 unspecified atom stereocenters. The molecule has 0 atom stereocenters. The first kappa shape index (κ1) is 20.4. The van der Waals surface area contributed by atoms with Crippen molar-refractivity contribution in [3.63, 3.8) is 0 Å². The molecule has 3 rings (SSSR count). The minimum atomic E-state index is -0.647. The number of nitrogens with one attached hydrogen (secondary N) is 1. The van der Waals surface area contributed by atoms with Gasteiger partial charge in [-0.1, -0.05) is 12.1 Å². The van der Waals surface area contributed by atoms with Crippen LogP contribution < -0.4 is 14.9 Å². The molecular formula is C22H18N2O6. The molecular weight excluding hydrogens is 388 g/mol. The maximum absolute atomic E-state index is 12.2. The Kier molecular flexibility index (Phi) is 6.29. The number of ether oxygens (including phenoxy) is 2. The molecule has 0 aliphatic rings. The van der Waals surface area contributed by atoms with E-state index in [1.54, 1.807) is 48.5 Å². The topological polar surface area (TPSA) is 117 Å². The van der Waals surface area contributed by atoms with E-state index in [1.165, 1.54) is 25.5 Å². The average molecular weight is 406 g/mol. The number of phenols is 2. The molecule has 8 heteroatoms. The minimum absolute atomic E-state index is 0.0351. The Hall–Kier alpha value is -4.33. The van der Waals surface area contributed by atoms with Crippen molar-refractivity contribution in [2.24, 2.45) is 5.10 Å². The summed E-state index contributed by atoms with van der Waals surface area (Å²) in [5.41, 5.74) is 3.18. The molecule has 3 aromatic carbocycles. The molecule has 0 aromatic heterocycles. The number of esters is 1. The highest BCUT2D eigenvalue weighted by molar-refractivity contribution is 5.97. The molecule has 0 spiro atoms. The van der Waals surface area contributed by atoms with E-state index in [9.17, 15) is 19.8 Å². The number of amides is 1. The lowest BCUT2D eigenvalue weighted by Crippen LogP contribution is -2.17. The first-order valence-corrected chi connectivity index (χ1v) is 8.78. The van der Waals surface area contributed by atoms with Gasteiger partial charge in [0.1, 0.15) is 23.0 Å². The number of carbonyl (C=O) groups excluding carboxylic acids is 2. The lowest BCUT2D eigenvalue weighted by atomic mass is 10.2. The van der Waals surface area contributed by atoms with Gasteiger partial charge in [0.15, 0.2) is 0 Å². The molecule has 0 radical (unpaired) electrons. The fraction of sp³-hybridized carbons (Fsp3) is 0.0455. The third-order valence-electron chi connectivity index (χ3n) is 4.00. The molecule has 0 heterocycles. The number of hydrogen-bond donors (Lipinski definition) is 3. The van der Waals surface area contributed by atoms with Crippen molar-refractivity contribution < 1.29 is 29.3 Å². The first-order valence-electron chi connectivity index (χ1n) is 8.78. The van der Waals surface area contributed by atoms with Crippen molar-refractivity contribution >= 4 is 18.1 Å². The lowest BCUT2D eigenvalue weighted by molar-refractivity contribution is 0.0734. The van der Waals surface area contributed by atoms with Crippen LogP contribution in [0, 0.1) is 0 Å². The Morgan fingerprint density at radius 2 is 1.73 bits per heavy atom. The van der Waals surface area contributed by atoms with Crippen molar-refractivity contribution in [1.29, 1.82) is 0 Å². The number of hydrogen-bond acceptors (Lipinski definition) is 7. The summed E-state index contributed by atoms with van der Waals surface area (Å²) in [6.07, 6.45) is 1.36. The predicted molar refractivity (Wildman–Crippen MR) is 109 cm³/mol. The summed E-state index contributed by atoms with van der Waals surface area (Å²) in [5.74, 6) is -0.757. The van der Waals surface area contributed by atoms with E-state index in [0.29, 0.717) is 22.6 Å². The van der Waals surface area contributed by atoms with E-state index < -0.39 is 11.9 Å². The zero-order chi connectivity index (χ0) is 21.5. The second-order valence-corrected chi connectivity index (χ2v) is 6.09. The lowest BCUT2D eigenvalue weighted by Gasteiger charge is -2.06. The summed E-state index contributed by atoms with van der Waals surface area (Å²) in [6.45, 7) is 0. The van der Waals surface area contributed by atoms with Crippen LogP contribution in [0.3, 0.4) is 0 Å². The van der Waals surface area contributed by atoms with Crippen molar-refractivity contribution in [3.8, 4) is 23.0 Å². The number of methoxy groups -OCH3 is 1. The van der Waals surface area contributed by atoms with E-state index in [-0.39, 0.29) is 17.1 Å². The third-order valence-corrected chi connectivity index (χ3v) is 4.00. The van der Waals surface area contributed by atoms with Crippen molar-refractivity contribution in [1.82, 2.24) is 5.43 Å². The molecule has 0 saturated heterocycles. The van der Waals surface area contributed by atoms with E-state index in [0.717, 1.165) is 6.07 Å². The Morgan fingerprint density at radius 1 is 0.967 bits per heavy atom. The van der Waals surface area contributed by atoms with Crippen LogP contribution >= 0.6 is 0 Å². The van der Waals surface area contributed by atoms with Crippen molar-refractivity contribution in [3.05, 3.63) is 83.4 Å². The van der Waals surface area contributed by atoms with Gasteiger partial charge in [0.2, 0.25) is 0 Å². The second-order valence-electron chi connectivity index (χ2n) is 6.09. The van der Waals surface area contributed by atoms with E-state index >= 15 is 0 Å². The first-order chi connectivity index (χ1) is 14.5. The van der Waals surface area contributed by atoms with Crippen LogP contribution in [0.1, 0.15) is 26.3 Å². The van der Waals surface area contributed by atoms with Gasteiger partial charge in [-0.2, -0.15) is 5.10 Å². The van der Waals surface area contributed by atoms with Gasteiger partial charge in [-0.15, -0.1) is 0 Å². The fourth-order valence-corrected chi connectivity index (χ4v) is 2.49. The highest BCUT2D eigenvalue weighted by Crippen LogP contribution is 2.22. The molecule has 30 heavy (non-hydrogen) atoms. The van der Waals surface area contributed by atoms with Gasteiger partial charge in [-0.3, -0.25) is 4.79 Å². The highest BCUT2D eigenvalue weighted by Gasteiger charge is 2.11. The molecule has 1 amide bonds. The number of benzene rings is 3. The molecule has 0 fully saturated rings. The largest absolute Gasteiger partial charge is 0.508 e. The maximum Gasteiger partial charge on any atom is 0.343 e. The molecule has 0 aliphatic carbocycles. The number of carbonyl (C=O) groups is 2. The smallest absolute Gasteiger partial charge is 0.343 e. The standard InChI is InChI=1S/C22H18N2O6/c1-29-17-8-5-15(6-9-17)22(28)30-18-4-2-3-14(11-18)13-23-24-21(27)19-10-7-16(25)12-20(19)26/h2-13,25-26H,1H3,(H,24,27)/b23-13-. The molecule has 8 nitrogen and oxygen atoms in total. The van der Waals surface area contributed by atoms with Crippen LogP contribution in [0.5, 0.6) is 23.0 Å². The zero-order valence-corrected chi connectivity index (χ0v) is 15.9. The Balaban J connectivity index is 1.63. The van der Waals surface area contributed by atoms with Gasteiger partial charge < -0.3 is 19.7 Å². The van der Waals surface area contributed by atoms with E-state index in [4.69, 9.17) is 9.47 Å². The Labute approximate surface area is 172 Å². The van der Waals surface area contributed by atoms with Crippen molar-refractivity contribution in [2.75, 3.05) is 7.11 Å². The molecule has 3 N–H and O–H groups in total. The van der Waals surface area contributed by atoms with Crippen LogP contribution in [-0.2, 0) is 0 Å². The molecule has 0 aliphatic heterocycles. The van der Waals surface area contributed by atoms with Gasteiger partial charge in [-0.25, -0.2) is 10.2 Å². The highest BCUT2D eigenvalue weighted by atomic mass is 16.5. The summed E-state index contributed by atoms with van der Waals surface area (Å²) >= 11 is 0. The monoisotopic (exact) mass is 406 g/mol. The summed E-state index contributed by atoms with van der Waals surface area (Å²) in [4.78, 5) is 24.3. The SMILES string of the molecule is COc1ccc(C(=O)Oc2cccc(/C=N\NC(=O)c3ccc(O)cc3O)c2)cc1. The van der Waals surface area contributed by atoms with Gasteiger partial charge in [0, 0.05) is 6.07 Å². The van der Waals surface area contributed by atoms with Gasteiger partial charge in [0.25, 0.3) is 5.91 Å². The quantitative estimate of drug-likeness (QED) is 0.251. The molecule has 3 aromatic rings. The van der Waals surface area contributed by atoms with Crippen LogP contribution in [-0.4, -0.2) is 35.4 Å². The van der Waals surface area contributed by atoms with Gasteiger partial charge in [0.05, 0.1) is 24.5 Å². The van der Waals surface area contributed by atoms with E-state index in [2.05, 4.69) is 10.5 Å². The summed E-state index contributed by atoms with van der Waals surface area (Å²) in [6, 6.07) is 16.7. The predicted octanol–water partition coefficient (Wildman–Crippen LogP) is 3.09. The number of phenolic OH excluding ortho intramolecular Hbond substituents is 2. The molecule has 0 bridgehead atoms. The van der Waals surface area contributed by atoms with E-state index in [1.807, 2.05) is 0 Å². The molecule has 152 valence electrons. The minimum Gasteiger partial charge on any atom is -0.508 e. The molecule has 0 saturated carbocycles. The zero-order valence-electron chi connectivity index (χ0n) is 15.9. The summed E-state index contributed by atoms with van der Waals surface area (Å²) in [7, 11) is 1.54. The Bertz CT molecular complexity index is 1090. The normalized spacial score (nSPS) is 10.6. The van der Waals surface area contributed by atoms with Crippen LogP contribution in [0.2, 0.25) is 0 Å². The number of nitrogens with zero attached hydrogens (tertiary/aromatic N) is 1. The number of hydrazone groups is 1. The number of rotatable bonds is 6. The fourth-order valence-electron chi connectivity index (χ4n) is 2.49. The van der Waals surface area contributed by atoms with Crippen LogP contribution in [0.25, 0.3) is 0 Å². The average Bonchev–Trinajstić information content (AvgIpc) is 2.74. The third kappa shape index (κ3) is 5.14. The van der Waals surface area contributed by atoms with Gasteiger partial charge >= 0.3 is 5.97 Å². The van der Waals surface area contributed by atoms with Crippen molar-refractivity contribution in [2.45, 2.75) is 0 Å².